The van der Waals surface area contributed by atoms with Gasteiger partial charge in [0.25, 0.3) is 11.8 Å². The van der Waals surface area contributed by atoms with Crippen LogP contribution in [0.4, 0.5) is 11.4 Å². The zero-order valence-corrected chi connectivity index (χ0v) is 18.3. The van der Waals surface area contributed by atoms with Gasteiger partial charge in [0.05, 0.1) is 23.5 Å². The average Bonchev–Trinajstić information content (AvgIpc) is 2.82. The number of benzene rings is 2. The van der Waals surface area contributed by atoms with Crippen molar-refractivity contribution in [1.29, 1.82) is 5.41 Å². The first-order chi connectivity index (χ1) is 15.9. The molecule has 172 valence electrons. The maximum absolute atomic E-state index is 12.9. The summed E-state index contributed by atoms with van der Waals surface area (Å²) in [6.45, 7) is 3.08. The number of hydrogen-bond donors (Lipinski definition) is 3. The highest BCUT2D eigenvalue weighted by Crippen LogP contribution is 2.30. The van der Waals surface area contributed by atoms with Gasteiger partial charge in [0.1, 0.15) is 11.5 Å². The molecule has 1 saturated heterocycles. The molecule has 0 spiro atoms. The van der Waals surface area contributed by atoms with Crippen molar-refractivity contribution < 1.29 is 23.9 Å². The van der Waals surface area contributed by atoms with Gasteiger partial charge in [-0.3, -0.25) is 14.4 Å². The lowest BCUT2D eigenvalue weighted by atomic mass is 9.97. The number of carbonyl (C=O) groups excluding carboxylic acids is 3. The molecule has 0 atom stereocenters. The van der Waals surface area contributed by atoms with Gasteiger partial charge in [-0.25, -0.2) is 0 Å². The summed E-state index contributed by atoms with van der Waals surface area (Å²) < 4.78 is 11.3. The molecule has 33 heavy (non-hydrogen) atoms. The molecule has 4 rings (SSSR count). The van der Waals surface area contributed by atoms with Crippen LogP contribution in [0, 0.1) is 11.3 Å². The van der Waals surface area contributed by atoms with Crippen molar-refractivity contribution in [2.75, 3.05) is 36.9 Å². The van der Waals surface area contributed by atoms with E-state index in [1.807, 2.05) is 4.90 Å². The number of carbonyl (C=O) groups is 3. The number of nitrogens with zero attached hydrogens (tertiary/aromatic N) is 1. The summed E-state index contributed by atoms with van der Waals surface area (Å²) in [4.78, 5) is 37.7. The standard InChI is InChI=1S/C24H26N4O5/c1-15(29)26-19-3-2-4-21(18(19)12-25)32-13-16-7-9-28(10-8-16)24(31)17-5-6-22-20(11-17)27-23(30)14-33-22/h2-6,11-12,16,25H,7-10,13-14H2,1H3,(H,26,29)(H,27,30). The predicted molar refractivity (Wildman–Crippen MR) is 123 cm³/mol. The normalized spacial score (nSPS) is 15.7. The van der Waals surface area contributed by atoms with Crippen molar-refractivity contribution in [2.24, 2.45) is 5.92 Å². The van der Waals surface area contributed by atoms with Crippen molar-refractivity contribution in [2.45, 2.75) is 19.8 Å². The zero-order chi connectivity index (χ0) is 23.4. The number of likely N-dealkylation sites (tertiary alicyclic amines) is 1. The van der Waals surface area contributed by atoms with Crippen molar-refractivity contribution in [3.05, 3.63) is 47.5 Å². The number of ether oxygens (including phenoxy) is 2. The first-order valence-corrected chi connectivity index (χ1v) is 10.8. The Morgan fingerprint density at radius 1 is 1.27 bits per heavy atom. The molecule has 1 fully saturated rings. The molecule has 3 N–H and O–H groups in total. The van der Waals surface area contributed by atoms with Crippen LogP contribution < -0.4 is 20.1 Å². The van der Waals surface area contributed by atoms with Gasteiger partial charge < -0.3 is 30.4 Å². The van der Waals surface area contributed by atoms with Crippen LogP contribution in [-0.4, -0.2) is 55.1 Å². The van der Waals surface area contributed by atoms with Gasteiger partial charge in [-0.2, -0.15) is 0 Å². The van der Waals surface area contributed by atoms with E-state index in [2.05, 4.69) is 10.6 Å². The largest absolute Gasteiger partial charge is 0.493 e. The fourth-order valence-electron chi connectivity index (χ4n) is 4.03. The van der Waals surface area contributed by atoms with Gasteiger partial charge in [0, 0.05) is 31.8 Å². The number of hydrogen-bond acceptors (Lipinski definition) is 6. The summed E-state index contributed by atoms with van der Waals surface area (Å²) >= 11 is 0. The van der Waals surface area contributed by atoms with Gasteiger partial charge in [0.2, 0.25) is 5.91 Å². The smallest absolute Gasteiger partial charge is 0.262 e. The van der Waals surface area contributed by atoms with Crippen molar-refractivity contribution >= 4 is 35.3 Å². The van der Waals surface area contributed by atoms with Crippen LogP contribution in [0.25, 0.3) is 0 Å². The molecule has 9 heteroatoms. The highest BCUT2D eigenvalue weighted by Gasteiger charge is 2.26. The lowest BCUT2D eigenvalue weighted by Crippen LogP contribution is -2.39. The van der Waals surface area contributed by atoms with Crippen LogP contribution in [0.5, 0.6) is 11.5 Å². The van der Waals surface area contributed by atoms with Gasteiger partial charge in [0.15, 0.2) is 6.61 Å². The molecule has 0 unspecified atom stereocenters. The molecule has 2 aliphatic rings. The molecule has 2 aliphatic heterocycles. The van der Waals surface area contributed by atoms with Crippen LogP contribution in [0.1, 0.15) is 35.7 Å². The molecule has 0 radical (unpaired) electrons. The van der Waals surface area contributed by atoms with E-state index in [1.54, 1.807) is 36.4 Å². The quantitative estimate of drug-likeness (QED) is 0.585. The third-order valence-electron chi connectivity index (χ3n) is 5.76. The Morgan fingerprint density at radius 2 is 2.06 bits per heavy atom. The minimum absolute atomic E-state index is 0.0191. The fourth-order valence-corrected chi connectivity index (χ4v) is 4.03. The minimum atomic E-state index is -0.235. The zero-order valence-electron chi connectivity index (χ0n) is 18.3. The fraction of sp³-hybridized carbons (Fsp3) is 0.333. The maximum Gasteiger partial charge on any atom is 0.262 e. The molecular formula is C24H26N4O5. The molecule has 0 aromatic heterocycles. The number of piperidine rings is 1. The lowest BCUT2D eigenvalue weighted by molar-refractivity contribution is -0.118. The molecule has 2 aromatic carbocycles. The molecule has 0 bridgehead atoms. The topological polar surface area (TPSA) is 121 Å². The summed E-state index contributed by atoms with van der Waals surface area (Å²) in [5.74, 6) is 0.865. The summed E-state index contributed by atoms with van der Waals surface area (Å²) in [5, 5.41) is 13.1. The summed E-state index contributed by atoms with van der Waals surface area (Å²) in [6.07, 6.45) is 2.76. The molecule has 3 amide bonds. The summed E-state index contributed by atoms with van der Waals surface area (Å²) in [7, 11) is 0. The molecule has 0 saturated carbocycles. The SMILES string of the molecule is CC(=O)Nc1cccc(OCC2CCN(C(=O)c3ccc4c(c3)NC(=O)CO4)CC2)c1C=N. The Morgan fingerprint density at radius 3 is 2.79 bits per heavy atom. The van der Waals surface area contributed by atoms with Crippen LogP contribution in [-0.2, 0) is 9.59 Å². The van der Waals surface area contributed by atoms with Crippen LogP contribution in [0.15, 0.2) is 36.4 Å². The molecule has 9 nitrogen and oxygen atoms in total. The molecule has 2 aromatic rings. The Balaban J connectivity index is 1.33. The van der Waals surface area contributed by atoms with Gasteiger partial charge in [-0.1, -0.05) is 6.07 Å². The van der Waals surface area contributed by atoms with Gasteiger partial charge in [-0.15, -0.1) is 0 Å². The number of rotatable bonds is 6. The van der Waals surface area contributed by atoms with Crippen molar-refractivity contribution in [3.63, 3.8) is 0 Å². The van der Waals surface area contributed by atoms with E-state index in [4.69, 9.17) is 14.9 Å². The van der Waals surface area contributed by atoms with E-state index in [0.717, 1.165) is 12.8 Å². The van der Waals surface area contributed by atoms with E-state index < -0.39 is 0 Å². The maximum atomic E-state index is 12.9. The van der Waals surface area contributed by atoms with E-state index in [-0.39, 0.29) is 30.2 Å². The van der Waals surface area contributed by atoms with Crippen molar-refractivity contribution in [1.82, 2.24) is 4.90 Å². The second-order valence-corrected chi connectivity index (χ2v) is 8.14. The number of fused-ring (bicyclic) bond motifs is 1. The van der Waals surface area contributed by atoms with E-state index >= 15 is 0 Å². The summed E-state index contributed by atoms with van der Waals surface area (Å²) in [6, 6.07) is 10.4. The lowest BCUT2D eigenvalue weighted by Gasteiger charge is -2.32. The number of anilines is 2. The first-order valence-electron chi connectivity index (χ1n) is 10.8. The second kappa shape index (κ2) is 9.72. The van der Waals surface area contributed by atoms with Crippen molar-refractivity contribution in [3.8, 4) is 11.5 Å². The third kappa shape index (κ3) is 5.14. The third-order valence-corrected chi connectivity index (χ3v) is 5.76. The molecular weight excluding hydrogens is 424 g/mol. The second-order valence-electron chi connectivity index (χ2n) is 8.14. The minimum Gasteiger partial charge on any atom is -0.493 e. The van der Waals surface area contributed by atoms with Crippen LogP contribution in [0.3, 0.4) is 0 Å². The predicted octanol–water partition coefficient (Wildman–Crippen LogP) is 2.90. The molecule has 0 aliphatic carbocycles. The van der Waals surface area contributed by atoms with E-state index in [1.165, 1.54) is 13.1 Å². The molecule has 2 heterocycles. The average molecular weight is 450 g/mol. The Bertz CT molecular complexity index is 1090. The summed E-state index contributed by atoms with van der Waals surface area (Å²) in [5.41, 5.74) is 2.11. The number of amides is 3. The Labute approximate surface area is 191 Å². The van der Waals surface area contributed by atoms with Crippen LogP contribution in [0.2, 0.25) is 0 Å². The van der Waals surface area contributed by atoms with Gasteiger partial charge in [-0.05, 0) is 49.1 Å². The first kappa shape index (κ1) is 22.3. The van der Waals surface area contributed by atoms with Gasteiger partial charge >= 0.3 is 0 Å². The Hall–Kier alpha value is -3.88. The van der Waals surface area contributed by atoms with E-state index in [9.17, 15) is 14.4 Å². The van der Waals surface area contributed by atoms with Crippen LogP contribution >= 0.6 is 0 Å². The Kier molecular flexibility index (Phi) is 6.58. The number of nitrogens with one attached hydrogen (secondary N) is 3. The monoisotopic (exact) mass is 450 g/mol. The highest BCUT2D eigenvalue weighted by atomic mass is 16.5. The highest BCUT2D eigenvalue weighted by molar-refractivity contribution is 6.00. The van der Waals surface area contributed by atoms with E-state index in [0.29, 0.717) is 53.7 Å².